The summed E-state index contributed by atoms with van der Waals surface area (Å²) in [7, 11) is 0. The van der Waals surface area contributed by atoms with Gasteiger partial charge in [0, 0.05) is 4.47 Å². The molecular weight excluding hydrogens is 346 g/mol. The Hall–Kier alpha value is -1.43. The summed E-state index contributed by atoms with van der Waals surface area (Å²) in [6, 6.07) is 18.5. The van der Waals surface area contributed by atoms with E-state index in [0.29, 0.717) is 0 Å². The summed E-state index contributed by atoms with van der Waals surface area (Å²) in [6.45, 7) is 0. The largest absolute Gasteiger partial charge is 0.273 e. The molecule has 2 rings (SSSR count). The maximum absolute atomic E-state index is 5.33. The summed E-state index contributed by atoms with van der Waals surface area (Å²) in [6.07, 6.45) is 1.75. The molecule has 0 aromatic heterocycles. The van der Waals surface area contributed by atoms with E-state index in [1.807, 2.05) is 24.3 Å². The van der Waals surface area contributed by atoms with Crippen molar-refractivity contribution in [1.82, 2.24) is 0 Å². The Labute approximate surface area is 137 Å². The molecule has 0 saturated carbocycles. The van der Waals surface area contributed by atoms with E-state index in [0.717, 1.165) is 40.5 Å². The van der Waals surface area contributed by atoms with Crippen LogP contribution < -0.4 is 5.14 Å². The zero-order valence-electron chi connectivity index (χ0n) is 11.4. The van der Waals surface area contributed by atoms with Crippen molar-refractivity contribution in [3.05, 3.63) is 70.2 Å². The first kappa shape index (κ1) is 15.9. The second-order valence-corrected chi connectivity index (χ2v) is 5.80. The molecule has 2 aromatic rings. The van der Waals surface area contributed by atoms with E-state index in [4.69, 9.17) is 5.14 Å². The van der Waals surface area contributed by atoms with Crippen molar-refractivity contribution in [3.63, 3.8) is 0 Å². The van der Waals surface area contributed by atoms with Gasteiger partial charge in [-0.1, -0.05) is 58.4 Å². The summed E-state index contributed by atoms with van der Waals surface area (Å²) in [4.78, 5) is 0. The Morgan fingerprint density at radius 2 is 1.95 bits per heavy atom. The fraction of sp³-hybridized carbons (Fsp3) is 0.125. The van der Waals surface area contributed by atoms with E-state index in [2.05, 4.69) is 56.5 Å². The number of nitrogens with zero attached hydrogens (tertiary/aromatic N) is 2. The molecule has 5 heteroatoms. The van der Waals surface area contributed by atoms with Crippen molar-refractivity contribution >= 4 is 39.1 Å². The summed E-state index contributed by atoms with van der Waals surface area (Å²) in [5, 5.41) is 13.6. The normalized spacial score (nSPS) is 12.0. The number of benzene rings is 2. The molecule has 21 heavy (non-hydrogen) atoms. The van der Waals surface area contributed by atoms with Crippen LogP contribution in [0.3, 0.4) is 0 Å². The highest BCUT2D eigenvalue weighted by atomic mass is 79.9. The lowest BCUT2D eigenvalue weighted by Gasteiger charge is -2.06. The predicted molar refractivity (Wildman–Crippen MR) is 95.7 cm³/mol. The summed E-state index contributed by atoms with van der Waals surface area (Å²) in [5.41, 5.74) is 4.84. The van der Waals surface area contributed by atoms with Gasteiger partial charge in [-0.15, -0.1) is 0 Å². The monoisotopic (exact) mass is 361 g/mol. The second-order valence-electron chi connectivity index (χ2n) is 4.40. The maximum atomic E-state index is 5.33. The van der Waals surface area contributed by atoms with Crippen molar-refractivity contribution in [2.45, 2.75) is 12.8 Å². The highest BCUT2D eigenvalue weighted by molar-refractivity contribution is 9.10. The molecule has 0 aliphatic heterocycles. The predicted octanol–water partition coefficient (Wildman–Crippen LogP) is 4.42. The van der Waals surface area contributed by atoms with E-state index in [1.165, 1.54) is 11.1 Å². The van der Waals surface area contributed by atoms with Crippen LogP contribution in [0.2, 0.25) is 0 Å². The van der Waals surface area contributed by atoms with Gasteiger partial charge >= 0.3 is 0 Å². The van der Waals surface area contributed by atoms with E-state index < -0.39 is 0 Å². The van der Waals surface area contributed by atoms with Crippen LogP contribution in [0, 0.1) is 0 Å². The second kappa shape index (κ2) is 8.77. The minimum Gasteiger partial charge on any atom is -0.273 e. The van der Waals surface area contributed by atoms with E-state index in [1.54, 1.807) is 0 Å². The number of aryl methyl sites for hydroxylation is 1. The van der Waals surface area contributed by atoms with Crippen LogP contribution in [0.5, 0.6) is 0 Å². The van der Waals surface area contributed by atoms with Gasteiger partial charge in [0.1, 0.15) is 0 Å². The third-order valence-corrected chi connectivity index (χ3v) is 3.65. The van der Waals surface area contributed by atoms with Crippen molar-refractivity contribution in [2.75, 3.05) is 0 Å². The summed E-state index contributed by atoms with van der Waals surface area (Å²) in [5.74, 6) is 0. The number of hydrogen-bond acceptors (Lipinski definition) is 4. The molecule has 3 nitrogen and oxygen atoms in total. The Morgan fingerprint density at radius 1 is 1.14 bits per heavy atom. The highest BCUT2D eigenvalue weighted by Crippen LogP contribution is 2.15. The average Bonchev–Trinajstić information content (AvgIpc) is 2.52. The molecule has 0 heterocycles. The number of nitrogens with two attached hydrogens (primary N) is 1. The fourth-order valence-corrected chi connectivity index (χ4v) is 2.45. The topological polar surface area (TPSA) is 50.7 Å². The van der Waals surface area contributed by atoms with Crippen molar-refractivity contribution in [3.8, 4) is 0 Å². The molecule has 0 spiro atoms. The van der Waals surface area contributed by atoms with E-state index >= 15 is 0 Å². The Kier molecular flexibility index (Phi) is 6.66. The molecule has 0 fully saturated rings. The van der Waals surface area contributed by atoms with Gasteiger partial charge in [0.05, 0.1) is 11.3 Å². The standard InChI is InChI=1S/C16H16BrN3S/c17-15-8-4-7-14(11-15)16(20-19-12-21-18)10-9-13-5-2-1-3-6-13/h1-8,11-12H,9-10,18H2/b19-12+,20-16+. The molecule has 0 amide bonds. The molecule has 108 valence electrons. The molecule has 0 saturated heterocycles. The van der Waals surface area contributed by atoms with Crippen LogP contribution in [-0.2, 0) is 6.42 Å². The quantitative estimate of drug-likeness (QED) is 0.358. The van der Waals surface area contributed by atoms with Gasteiger partial charge < -0.3 is 0 Å². The first-order valence-electron chi connectivity index (χ1n) is 6.53. The molecule has 2 N–H and O–H groups in total. The van der Waals surface area contributed by atoms with Gasteiger partial charge in [-0.25, -0.2) is 0 Å². The SMILES string of the molecule is NS/C=N/N=C(\CCc1ccccc1)c1cccc(Br)c1. The molecule has 0 unspecified atom stereocenters. The van der Waals surface area contributed by atoms with Gasteiger partial charge in [-0.3, -0.25) is 5.14 Å². The molecule has 0 radical (unpaired) electrons. The Bertz CT molecular complexity index is 626. The van der Waals surface area contributed by atoms with Crippen LogP contribution in [0.15, 0.2) is 69.3 Å². The minimum absolute atomic E-state index is 0.826. The summed E-state index contributed by atoms with van der Waals surface area (Å²) < 4.78 is 1.03. The lowest BCUT2D eigenvalue weighted by Crippen LogP contribution is -2.03. The van der Waals surface area contributed by atoms with Gasteiger partial charge in [-0.2, -0.15) is 10.2 Å². The van der Waals surface area contributed by atoms with Crippen molar-refractivity contribution < 1.29 is 0 Å². The van der Waals surface area contributed by atoms with Gasteiger partial charge in [0.2, 0.25) is 0 Å². The van der Waals surface area contributed by atoms with Crippen LogP contribution in [0.1, 0.15) is 17.5 Å². The van der Waals surface area contributed by atoms with Crippen molar-refractivity contribution in [2.24, 2.45) is 15.3 Å². The lowest BCUT2D eigenvalue weighted by molar-refractivity contribution is 1.02. The number of halogens is 1. The van der Waals surface area contributed by atoms with Crippen LogP contribution in [0.25, 0.3) is 0 Å². The molecule has 0 aliphatic rings. The maximum Gasteiger partial charge on any atom is 0.0974 e. The first-order chi connectivity index (χ1) is 10.3. The van der Waals surface area contributed by atoms with Gasteiger partial charge in [-0.05, 0) is 48.0 Å². The van der Waals surface area contributed by atoms with Gasteiger partial charge in [0.15, 0.2) is 0 Å². The van der Waals surface area contributed by atoms with Crippen LogP contribution in [-0.4, -0.2) is 11.3 Å². The van der Waals surface area contributed by atoms with Crippen molar-refractivity contribution in [1.29, 1.82) is 0 Å². The first-order valence-corrected chi connectivity index (χ1v) is 8.27. The fourth-order valence-electron chi connectivity index (χ4n) is 1.95. The van der Waals surface area contributed by atoms with Crippen LogP contribution in [0.4, 0.5) is 0 Å². The lowest BCUT2D eigenvalue weighted by atomic mass is 10.0. The average molecular weight is 362 g/mol. The third kappa shape index (κ3) is 5.46. The third-order valence-electron chi connectivity index (χ3n) is 2.94. The minimum atomic E-state index is 0.826. The summed E-state index contributed by atoms with van der Waals surface area (Å²) >= 11 is 4.54. The number of hydrogen-bond donors (Lipinski definition) is 1. The molecule has 2 aromatic carbocycles. The van der Waals surface area contributed by atoms with Crippen LogP contribution >= 0.6 is 27.9 Å². The zero-order valence-corrected chi connectivity index (χ0v) is 13.8. The molecule has 0 bridgehead atoms. The molecule has 0 atom stereocenters. The smallest absolute Gasteiger partial charge is 0.0974 e. The Balaban J connectivity index is 2.16. The van der Waals surface area contributed by atoms with E-state index in [9.17, 15) is 0 Å². The van der Waals surface area contributed by atoms with Gasteiger partial charge in [0.25, 0.3) is 0 Å². The number of rotatable bonds is 6. The molecule has 0 aliphatic carbocycles. The van der Waals surface area contributed by atoms with E-state index in [-0.39, 0.29) is 0 Å². The molecular formula is C16H16BrN3S. The highest BCUT2D eigenvalue weighted by Gasteiger charge is 2.05. The Morgan fingerprint density at radius 3 is 2.67 bits per heavy atom. The zero-order chi connectivity index (χ0) is 14.9.